The van der Waals surface area contributed by atoms with Gasteiger partial charge >= 0.3 is 0 Å². The number of hydrogen-bond donors (Lipinski definition) is 2. The van der Waals surface area contributed by atoms with Gasteiger partial charge in [-0.15, -0.1) is 0 Å². The summed E-state index contributed by atoms with van der Waals surface area (Å²) < 4.78 is 5.14. The van der Waals surface area contributed by atoms with Crippen molar-refractivity contribution in [1.82, 2.24) is 9.97 Å². The van der Waals surface area contributed by atoms with Gasteiger partial charge in [-0.2, -0.15) is 0 Å². The summed E-state index contributed by atoms with van der Waals surface area (Å²) in [5, 5.41) is 0. The lowest BCUT2D eigenvalue weighted by Gasteiger charge is -2.33. The van der Waals surface area contributed by atoms with Crippen LogP contribution < -0.4 is 11.3 Å². The molecule has 1 aromatic rings. The molecule has 106 valence electrons. The fourth-order valence-electron chi connectivity index (χ4n) is 2.65. The Bertz CT molecular complexity index is 423. The van der Waals surface area contributed by atoms with E-state index >= 15 is 0 Å². The minimum absolute atomic E-state index is 0.442. The molecule has 5 heteroatoms. The lowest BCUT2D eigenvalue weighted by atomic mass is 9.73. The Kier molecular flexibility index (Phi) is 4.37. The summed E-state index contributed by atoms with van der Waals surface area (Å²) >= 11 is 0. The van der Waals surface area contributed by atoms with E-state index in [9.17, 15) is 0 Å². The van der Waals surface area contributed by atoms with Crippen LogP contribution in [0, 0.1) is 5.41 Å². The van der Waals surface area contributed by atoms with Crippen LogP contribution in [0.25, 0.3) is 0 Å². The summed E-state index contributed by atoms with van der Waals surface area (Å²) in [6.07, 6.45) is 4.74. The highest BCUT2D eigenvalue weighted by molar-refractivity contribution is 5.34. The van der Waals surface area contributed by atoms with Gasteiger partial charge in [0.1, 0.15) is 11.6 Å². The van der Waals surface area contributed by atoms with Gasteiger partial charge in [0.25, 0.3) is 0 Å². The minimum atomic E-state index is 0.442. The number of anilines is 1. The van der Waals surface area contributed by atoms with Crippen LogP contribution >= 0.6 is 0 Å². The average Bonchev–Trinajstić information content (AvgIpc) is 2.38. The topological polar surface area (TPSA) is 73.1 Å². The van der Waals surface area contributed by atoms with Crippen molar-refractivity contribution < 1.29 is 4.74 Å². The lowest BCUT2D eigenvalue weighted by molar-refractivity contribution is 0.180. The normalized spacial score (nSPS) is 19.4. The standard InChI is InChI=1S/C14H24N4O/c1-14(2)6-4-10(5-7-14)13-16-11(9-19-3)8-12(17-13)18-15/h8,10H,4-7,9,15H2,1-3H3,(H,16,17,18). The molecule has 1 aliphatic carbocycles. The Labute approximate surface area is 114 Å². The SMILES string of the molecule is COCc1cc(NN)nc(C2CCC(C)(C)CC2)n1. The van der Waals surface area contributed by atoms with Crippen molar-refractivity contribution in [3.05, 3.63) is 17.6 Å². The third kappa shape index (κ3) is 3.64. The first-order valence-electron chi connectivity index (χ1n) is 6.87. The molecule has 2 rings (SSSR count). The van der Waals surface area contributed by atoms with Crippen LogP contribution in [0.2, 0.25) is 0 Å². The monoisotopic (exact) mass is 264 g/mol. The van der Waals surface area contributed by atoms with Crippen LogP contribution in [0.15, 0.2) is 6.07 Å². The van der Waals surface area contributed by atoms with Crippen molar-refractivity contribution >= 4 is 5.82 Å². The maximum absolute atomic E-state index is 5.48. The number of nitrogens with zero attached hydrogens (tertiary/aromatic N) is 2. The fourth-order valence-corrected chi connectivity index (χ4v) is 2.65. The first kappa shape index (κ1) is 14.2. The van der Waals surface area contributed by atoms with E-state index in [0.717, 1.165) is 24.4 Å². The van der Waals surface area contributed by atoms with Crippen molar-refractivity contribution in [1.29, 1.82) is 0 Å². The van der Waals surface area contributed by atoms with E-state index in [0.29, 0.717) is 23.8 Å². The second-order valence-corrected chi connectivity index (χ2v) is 6.12. The van der Waals surface area contributed by atoms with Gasteiger partial charge in [-0.05, 0) is 31.1 Å². The molecule has 0 atom stereocenters. The Balaban J connectivity index is 2.17. The highest BCUT2D eigenvalue weighted by Gasteiger charge is 2.29. The summed E-state index contributed by atoms with van der Waals surface area (Å²) in [7, 11) is 1.67. The van der Waals surface area contributed by atoms with Gasteiger partial charge in [-0.3, -0.25) is 0 Å². The molecule has 1 saturated carbocycles. The van der Waals surface area contributed by atoms with Gasteiger partial charge < -0.3 is 10.2 Å². The molecule has 0 radical (unpaired) electrons. The number of nitrogen functional groups attached to an aromatic ring is 1. The first-order chi connectivity index (χ1) is 9.04. The molecule has 19 heavy (non-hydrogen) atoms. The Morgan fingerprint density at radius 2 is 2.05 bits per heavy atom. The predicted molar refractivity (Wildman–Crippen MR) is 75.5 cm³/mol. The Hall–Kier alpha value is -1.20. The van der Waals surface area contributed by atoms with Crippen molar-refractivity contribution in [3.63, 3.8) is 0 Å². The summed E-state index contributed by atoms with van der Waals surface area (Å²) in [6, 6.07) is 1.83. The predicted octanol–water partition coefficient (Wildman–Crippen LogP) is 2.59. The van der Waals surface area contributed by atoms with Gasteiger partial charge in [-0.25, -0.2) is 15.8 Å². The number of nitrogens with one attached hydrogen (secondary N) is 1. The Morgan fingerprint density at radius 1 is 1.37 bits per heavy atom. The van der Waals surface area contributed by atoms with Crippen LogP contribution in [0.1, 0.15) is 57.0 Å². The van der Waals surface area contributed by atoms with Crippen molar-refractivity contribution in [3.8, 4) is 0 Å². The molecule has 0 unspecified atom stereocenters. The fraction of sp³-hybridized carbons (Fsp3) is 0.714. The number of hydrogen-bond acceptors (Lipinski definition) is 5. The van der Waals surface area contributed by atoms with E-state index in [-0.39, 0.29) is 0 Å². The molecule has 0 saturated heterocycles. The molecule has 0 aromatic carbocycles. The smallest absolute Gasteiger partial charge is 0.144 e. The van der Waals surface area contributed by atoms with Gasteiger partial charge in [0.2, 0.25) is 0 Å². The summed E-state index contributed by atoms with van der Waals surface area (Å²) in [5.74, 6) is 7.49. The number of aromatic nitrogens is 2. The quantitative estimate of drug-likeness (QED) is 0.646. The van der Waals surface area contributed by atoms with Crippen molar-refractivity contribution in [2.75, 3.05) is 12.5 Å². The average molecular weight is 264 g/mol. The molecular formula is C14H24N4O. The van der Waals surface area contributed by atoms with Crippen LogP contribution in [0.3, 0.4) is 0 Å². The summed E-state index contributed by atoms with van der Waals surface area (Å²) in [4.78, 5) is 9.11. The largest absolute Gasteiger partial charge is 0.378 e. The first-order valence-corrected chi connectivity index (χ1v) is 6.87. The molecule has 3 N–H and O–H groups in total. The summed E-state index contributed by atoms with van der Waals surface area (Å²) in [5.41, 5.74) is 3.95. The van der Waals surface area contributed by atoms with Gasteiger partial charge in [0.15, 0.2) is 0 Å². The molecule has 0 aliphatic heterocycles. The second-order valence-electron chi connectivity index (χ2n) is 6.12. The van der Waals surface area contributed by atoms with Crippen LogP contribution in [0.5, 0.6) is 0 Å². The van der Waals surface area contributed by atoms with Gasteiger partial charge in [-0.1, -0.05) is 13.8 Å². The molecule has 0 spiro atoms. The summed E-state index contributed by atoms with van der Waals surface area (Å²) in [6.45, 7) is 5.15. The lowest BCUT2D eigenvalue weighted by Crippen LogP contribution is -2.22. The number of methoxy groups -OCH3 is 1. The number of rotatable bonds is 4. The van der Waals surface area contributed by atoms with E-state index in [1.54, 1.807) is 7.11 Å². The maximum Gasteiger partial charge on any atom is 0.144 e. The second kappa shape index (κ2) is 5.84. The minimum Gasteiger partial charge on any atom is -0.378 e. The van der Waals surface area contributed by atoms with Crippen LogP contribution in [0.4, 0.5) is 5.82 Å². The number of hydrazine groups is 1. The molecule has 1 aliphatic rings. The zero-order valence-electron chi connectivity index (χ0n) is 12.1. The van der Waals surface area contributed by atoms with E-state index in [1.807, 2.05) is 6.07 Å². The molecule has 5 nitrogen and oxygen atoms in total. The van der Waals surface area contributed by atoms with E-state index < -0.39 is 0 Å². The Morgan fingerprint density at radius 3 is 2.63 bits per heavy atom. The third-order valence-electron chi connectivity index (χ3n) is 3.94. The molecular weight excluding hydrogens is 240 g/mol. The number of ether oxygens (including phenoxy) is 1. The molecule has 1 aromatic heterocycles. The zero-order chi connectivity index (χ0) is 13.9. The van der Waals surface area contributed by atoms with Crippen molar-refractivity contribution in [2.45, 2.75) is 52.1 Å². The molecule has 0 amide bonds. The van der Waals surface area contributed by atoms with Gasteiger partial charge in [0, 0.05) is 19.1 Å². The van der Waals surface area contributed by atoms with E-state index in [4.69, 9.17) is 10.6 Å². The molecule has 1 heterocycles. The molecule has 1 fully saturated rings. The number of nitrogens with two attached hydrogens (primary N) is 1. The van der Waals surface area contributed by atoms with Crippen LogP contribution in [-0.4, -0.2) is 17.1 Å². The maximum atomic E-state index is 5.48. The molecule has 0 bridgehead atoms. The highest BCUT2D eigenvalue weighted by Crippen LogP contribution is 2.41. The zero-order valence-corrected chi connectivity index (χ0v) is 12.1. The van der Waals surface area contributed by atoms with Gasteiger partial charge in [0.05, 0.1) is 12.3 Å². The van der Waals surface area contributed by atoms with E-state index in [2.05, 4.69) is 29.2 Å². The van der Waals surface area contributed by atoms with Crippen molar-refractivity contribution in [2.24, 2.45) is 11.3 Å². The van der Waals surface area contributed by atoms with E-state index in [1.165, 1.54) is 12.8 Å². The van der Waals surface area contributed by atoms with Crippen LogP contribution in [-0.2, 0) is 11.3 Å². The highest BCUT2D eigenvalue weighted by atomic mass is 16.5. The third-order valence-corrected chi connectivity index (χ3v) is 3.94.